The number of hydrogen-bond acceptors (Lipinski definition) is 3. The van der Waals surface area contributed by atoms with Crippen molar-refractivity contribution in [2.75, 3.05) is 25.1 Å². The van der Waals surface area contributed by atoms with E-state index in [1.165, 1.54) is 0 Å². The van der Waals surface area contributed by atoms with Gasteiger partial charge in [0.25, 0.3) is 0 Å². The van der Waals surface area contributed by atoms with Crippen molar-refractivity contribution >= 4 is 30.1 Å². The Morgan fingerprint density at radius 2 is 2.25 bits per heavy atom. The van der Waals surface area contributed by atoms with Crippen LogP contribution < -0.4 is 5.73 Å². The van der Waals surface area contributed by atoms with E-state index in [1.807, 2.05) is 16.7 Å². The summed E-state index contributed by atoms with van der Waals surface area (Å²) < 4.78 is 0. The van der Waals surface area contributed by atoms with Crippen LogP contribution in [0.3, 0.4) is 0 Å². The number of hydrogen-bond donors (Lipinski definition) is 1. The second-order valence-corrected chi connectivity index (χ2v) is 5.18. The lowest BCUT2D eigenvalue weighted by molar-refractivity contribution is -0.132. The molecule has 0 saturated carbocycles. The van der Waals surface area contributed by atoms with Gasteiger partial charge in [-0.05, 0) is 37.7 Å². The minimum absolute atomic E-state index is 0. The van der Waals surface area contributed by atoms with Crippen LogP contribution in [-0.2, 0) is 4.79 Å². The van der Waals surface area contributed by atoms with Crippen molar-refractivity contribution in [1.29, 1.82) is 0 Å². The molecule has 1 atom stereocenters. The van der Waals surface area contributed by atoms with Gasteiger partial charge >= 0.3 is 0 Å². The van der Waals surface area contributed by atoms with Gasteiger partial charge in [0.15, 0.2) is 0 Å². The van der Waals surface area contributed by atoms with Crippen LogP contribution in [0.5, 0.6) is 0 Å². The Kier molecular flexibility index (Phi) is 9.18. The second kappa shape index (κ2) is 9.14. The molecular formula is C11H23ClN2OS. The molecule has 3 nitrogen and oxygen atoms in total. The Bertz CT molecular complexity index is 204. The Labute approximate surface area is 109 Å². The molecule has 1 rings (SSSR count). The van der Waals surface area contributed by atoms with Crippen LogP contribution in [0.2, 0.25) is 0 Å². The zero-order valence-electron chi connectivity index (χ0n) is 9.98. The summed E-state index contributed by atoms with van der Waals surface area (Å²) in [5.41, 5.74) is 5.84. The van der Waals surface area contributed by atoms with Crippen molar-refractivity contribution in [1.82, 2.24) is 4.90 Å². The lowest BCUT2D eigenvalue weighted by Gasteiger charge is -2.30. The monoisotopic (exact) mass is 266 g/mol. The summed E-state index contributed by atoms with van der Waals surface area (Å²) >= 11 is 1.84. The fraction of sp³-hybridized carbons (Fsp3) is 0.909. The van der Waals surface area contributed by atoms with Gasteiger partial charge in [-0.3, -0.25) is 4.79 Å². The van der Waals surface area contributed by atoms with E-state index in [9.17, 15) is 4.79 Å². The summed E-state index contributed by atoms with van der Waals surface area (Å²) in [5.74, 6) is 1.46. The Hall–Kier alpha value is 0.0700. The fourth-order valence-corrected chi connectivity index (χ4v) is 2.41. The van der Waals surface area contributed by atoms with Gasteiger partial charge in [0.2, 0.25) is 5.91 Å². The second-order valence-electron chi connectivity index (χ2n) is 4.19. The van der Waals surface area contributed by atoms with Gasteiger partial charge in [0.1, 0.15) is 0 Å². The summed E-state index contributed by atoms with van der Waals surface area (Å²) in [5, 5.41) is 0. The van der Waals surface area contributed by atoms with E-state index in [2.05, 4.69) is 6.26 Å². The van der Waals surface area contributed by atoms with Crippen LogP contribution in [0.1, 0.15) is 32.1 Å². The Balaban J connectivity index is 0.00000225. The lowest BCUT2D eigenvalue weighted by atomic mass is 10.1. The number of likely N-dealkylation sites (tertiary alicyclic amines) is 1. The molecule has 1 fully saturated rings. The molecule has 0 aromatic rings. The third-order valence-electron chi connectivity index (χ3n) is 2.80. The molecule has 2 N–H and O–H groups in total. The van der Waals surface area contributed by atoms with E-state index in [0.717, 1.165) is 44.5 Å². The largest absolute Gasteiger partial charge is 0.341 e. The van der Waals surface area contributed by atoms with Crippen LogP contribution >= 0.6 is 24.2 Å². The van der Waals surface area contributed by atoms with Gasteiger partial charge in [-0.2, -0.15) is 11.8 Å². The van der Waals surface area contributed by atoms with Crippen molar-refractivity contribution in [2.24, 2.45) is 5.73 Å². The number of carbonyl (C=O) groups excluding carboxylic acids is 1. The van der Waals surface area contributed by atoms with Crippen LogP contribution in [0.4, 0.5) is 0 Å². The molecule has 0 bridgehead atoms. The molecule has 16 heavy (non-hydrogen) atoms. The van der Waals surface area contributed by atoms with Crippen molar-refractivity contribution in [3.63, 3.8) is 0 Å². The summed E-state index contributed by atoms with van der Waals surface area (Å²) in [6.45, 7) is 1.68. The zero-order valence-corrected chi connectivity index (χ0v) is 11.6. The molecule has 96 valence electrons. The molecule has 1 heterocycles. The van der Waals surface area contributed by atoms with Crippen molar-refractivity contribution in [2.45, 2.75) is 38.1 Å². The summed E-state index contributed by atoms with van der Waals surface area (Å²) in [6.07, 6.45) is 7.10. The van der Waals surface area contributed by atoms with Crippen LogP contribution in [0, 0.1) is 0 Å². The minimum atomic E-state index is 0. The first-order valence-corrected chi connectivity index (χ1v) is 7.15. The minimum Gasteiger partial charge on any atom is -0.341 e. The molecule has 1 aliphatic heterocycles. The van der Waals surface area contributed by atoms with Crippen molar-refractivity contribution in [3.8, 4) is 0 Å². The van der Waals surface area contributed by atoms with E-state index in [1.54, 1.807) is 0 Å². The number of nitrogens with zero attached hydrogens (tertiary/aromatic N) is 1. The SMILES string of the molecule is CSCCCCC(=O)N1CCCC(N)C1.Cl. The van der Waals surface area contributed by atoms with E-state index < -0.39 is 0 Å². The molecule has 1 saturated heterocycles. The van der Waals surface area contributed by atoms with Crippen molar-refractivity contribution < 1.29 is 4.79 Å². The molecule has 5 heteroatoms. The number of carbonyl (C=O) groups is 1. The Morgan fingerprint density at radius 3 is 2.88 bits per heavy atom. The molecule has 1 unspecified atom stereocenters. The number of nitrogens with two attached hydrogens (primary N) is 1. The molecule has 0 spiro atoms. The quantitative estimate of drug-likeness (QED) is 0.773. The highest BCUT2D eigenvalue weighted by molar-refractivity contribution is 7.98. The van der Waals surface area contributed by atoms with Gasteiger partial charge in [-0.1, -0.05) is 0 Å². The number of piperidine rings is 1. The number of rotatable bonds is 5. The molecule has 1 aliphatic rings. The van der Waals surface area contributed by atoms with E-state index in [-0.39, 0.29) is 18.4 Å². The van der Waals surface area contributed by atoms with Crippen LogP contribution in [0.15, 0.2) is 0 Å². The highest BCUT2D eigenvalue weighted by atomic mass is 35.5. The first kappa shape index (κ1) is 16.1. The highest BCUT2D eigenvalue weighted by Crippen LogP contribution is 2.11. The van der Waals surface area contributed by atoms with Gasteiger partial charge in [0, 0.05) is 25.6 Å². The Morgan fingerprint density at radius 1 is 1.50 bits per heavy atom. The molecule has 1 amide bonds. The topological polar surface area (TPSA) is 46.3 Å². The lowest BCUT2D eigenvalue weighted by Crippen LogP contribution is -2.45. The predicted octanol–water partition coefficient (Wildman–Crippen LogP) is 1.89. The number of thioether (sulfide) groups is 1. The van der Waals surface area contributed by atoms with E-state index in [0.29, 0.717) is 12.3 Å². The number of unbranched alkanes of at least 4 members (excludes halogenated alkanes) is 1. The predicted molar refractivity (Wildman–Crippen MR) is 73.3 cm³/mol. The summed E-state index contributed by atoms with van der Waals surface area (Å²) in [4.78, 5) is 13.7. The standard InChI is InChI=1S/C11H22N2OS.ClH/c1-15-8-3-2-6-11(14)13-7-4-5-10(12)9-13;/h10H,2-9,12H2,1H3;1H. The first-order valence-electron chi connectivity index (χ1n) is 5.76. The molecular weight excluding hydrogens is 244 g/mol. The van der Waals surface area contributed by atoms with E-state index in [4.69, 9.17) is 5.73 Å². The zero-order chi connectivity index (χ0) is 11.1. The van der Waals surface area contributed by atoms with Gasteiger partial charge in [0.05, 0.1) is 0 Å². The third kappa shape index (κ3) is 5.97. The first-order chi connectivity index (χ1) is 7.24. The van der Waals surface area contributed by atoms with Crippen molar-refractivity contribution in [3.05, 3.63) is 0 Å². The van der Waals surface area contributed by atoms with Crippen LogP contribution in [0.25, 0.3) is 0 Å². The average molecular weight is 267 g/mol. The van der Waals surface area contributed by atoms with Gasteiger partial charge in [-0.15, -0.1) is 12.4 Å². The van der Waals surface area contributed by atoms with E-state index >= 15 is 0 Å². The van der Waals surface area contributed by atoms with Gasteiger partial charge < -0.3 is 10.6 Å². The maximum Gasteiger partial charge on any atom is 0.222 e. The number of halogens is 1. The number of amides is 1. The smallest absolute Gasteiger partial charge is 0.222 e. The van der Waals surface area contributed by atoms with Gasteiger partial charge in [-0.25, -0.2) is 0 Å². The highest BCUT2D eigenvalue weighted by Gasteiger charge is 2.20. The van der Waals surface area contributed by atoms with Crippen LogP contribution in [-0.4, -0.2) is 41.9 Å². The summed E-state index contributed by atoms with van der Waals surface area (Å²) in [7, 11) is 0. The maximum atomic E-state index is 11.8. The normalized spacial score (nSPS) is 20.4. The molecule has 0 aliphatic carbocycles. The fourth-order valence-electron chi connectivity index (χ4n) is 1.92. The third-order valence-corrected chi connectivity index (χ3v) is 3.50. The summed E-state index contributed by atoms with van der Waals surface area (Å²) in [6, 6.07) is 0.203. The molecule has 0 aromatic heterocycles. The molecule has 0 radical (unpaired) electrons. The average Bonchev–Trinajstić information content (AvgIpc) is 2.24. The maximum absolute atomic E-state index is 11.8. The molecule has 0 aromatic carbocycles.